The van der Waals surface area contributed by atoms with E-state index in [0.29, 0.717) is 35.5 Å². The largest absolute Gasteiger partial charge is 0.459 e. The Balaban J connectivity index is 1.36. The van der Waals surface area contributed by atoms with Crippen molar-refractivity contribution in [3.05, 3.63) is 95.4 Å². The molecule has 2 aromatic heterocycles. The number of aliphatic hydroxyl groups excluding tert-OH is 1. The molecule has 0 aliphatic carbocycles. The van der Waals surface area contributed by atoms with E-state index < -0.39 is 0 Å². The molecule has 0 aliphatic rings. The van der Waals surface area contributed by atoms with Gasteiger partial charge >= 0.3 is 6.01 Å². The third-order valence-corrected chi connectivity index (χ3v) is 6.47. The quantitative estimate of drug-likeness (QED) is 0.214. The van der Waals surface area contributed by atoms with Crippen molar-refractivity contribution < 1.29 is 14.3 Å². The lowest BCUT2D eigenvalue weighted by atomic mass is 10.1. The lowest BCUT2D eigenvalue weighted by Gasteiger charge is -2.17. The Hall–Kier alpha value is -5.24. The molecule has 0 saturated carbocycles. The predicted octanol–water partition coefficient (Wildman–Crippen LogP) is 4.40. The van der Waals surface area contributed by atoms with E-state index in [1.807, 2.05) is 66.5 Å². The molecule has 0 spiro atoms. The summed E-state index contributed by atoms with van der Waals surface area (Å²) in [5.41, 5.74) is 18.2. The molecule has 0 amide bonds. The highest BCUT2D eigenvalue weighted by Gasteiger charge is 2.14. The highest BCUT2D eigenvalue weighted by atomic mass is 16.5. The van der Waals surface area contributed by atoms with E-state index in [0.717, 1.165) is 27.9 Å². The van der Waals surface area contributed by atoms with Crippen LogP contribution in [0.1, 0.15) is 22.6 Å². The Kier molecular flexibility index (Phi) is 8.20. The van der Waals surface area contributed by atoms with Crippen LogP contribution in [0, 0.1) is 11.3 Å². The minimum absolute atomic E-state index is 0.0700. The molecule has 0 radical (unpaired) electrons. The van der Waals surface area contributed by atoms with Crippen molar-refractivity contribution in [2.24, 2.45) is 5.73 Å². The van der Waals surface area contributed by atoms with Crippen molar-refractivity contribution >= 4 is 34.3 Å². The zero-order valence-corrected chi connectivity index (χ0v) is 22.5. The number of nitrogen functional groups attached to an aromatic ring is 1. The van der Waals surface area contributed by atoms with Gasteiger partial charge in [0, 0.05) is 37.5 Å². The molecule has 2 heterocycles. The number of nitriles is 1. The van der Waals surface area contributed by atoms with Crippen LogP contribution in [-0.4, -0.2) is 40.3 Å². The summed E-state index contributed by atoms with van der Waals surface area (Å²) in [4.78, 5) is 15.2. The van der Waals surface area contributed by atoms with Crippen LogP contribution in [0.5, 0.6) is 6.01 Å². The van der Waals surface area contributed by atoms with Gasteiger partial charge in [-0.1, -0.05) is 42.5 Å². The highest BCUT2D eigenvalue weighted by molar-refractivity contribution is 5.89. The molecule has 0 bridgehead atoms. The summed E-state index contributed by atoms with van der Waals surface area (Å²) < 4.78 is 11.8. The molecule has 5 aromatic rings. The van der Waals surface area contributed by atoms with Crippen molar-refractivity contribution in [2.75, 3.05) is 30.8 Å². The fourth-order valence-corrected chi connectivity index (χ4v) is 4.19. The van der Waals surface area contributed by atoms with Gasteiger partial charge in [0.05, 0.1) is 12.3 Å². The van der Waals surface area contributed by atoms with E-state index in [9.17, 15) is 5.26 Å². The zero-order chi connectivity index (χ0) is 28.8. The standard InChI is InChI=1S/C31H29N7O3/c1-38(12-13-39)25-9-6-20(7-10-25)14-24(18-33)30-35-26-11-8-23(15-28(26)41-30)27-16-29(34)37-31(36-27)40-19-22-4-2-21(17-32)3-5-22/h2-11,14-16,39H,12-13,17,19,32H2,1H3,(H2,34,36,37)/b24-14+. The van der Waals surface area contributed by atoms with Crippen molar-refractivity contribution in [2.45, 2.75) is 13.2 Å². The second kappa shape index (κ2) is 12.3. The van der Waals surface area contributed by atoms with Gasteiger partial charge in [-0.2, -0.15) is 15.2 Å². The number of nitrogens with zero attached hydrogens (tertiary/aromatic N) is 5. The smallest absolute Gasteiger partial charge is 0.319 e. The minimum atomic E-state index is 0.0700. The third kappa shape index (κ3) is 6.50. The maximum absolute atomic E-state index is 9.83. The van der Waals surface area contributed by atoms with Crippen LogP contribution in [0.4, 0.5) is 11.5 Å². The second-order valence-corrected chi connectivity index (χ2v) is 9.38. The van der Waals surface area contributed by atoms with Crippen LogP contribution in [0.15, 0.2) is 77.2 Å². The molecule has 3 aromatic carbocycles. The number of allylic oxidation sites excluding steroid dienone is 1. The summed E-state index contributed by atoms with van der Waals surface area (Å²) in [5.74, 6) is 0.484. The summed E-state index contributed by atoms with van der Waals surface area (Å²) in [6.45, 7) is 1.36. The molecule has 10 nitrogen and oxygen atoms in total. The number of ether oxygens (including phenoxy) is 1. The molecule has 41 heavy (non-hydrogen) atoms. The van der Waals surface area contributed by atoms with Crippen LogP contribution in [0.2, 0.25) is 0 Å². The van der Waals surface area contributed by atoms with Crippen LogP contribution in [0.3, 0.4) is 0 Å². The van der Waals surface area contributed by atoms with E-state index >= 15 is 0 Å². The molecule has 0 atom stereocenters. The summed E-state index contributed by atoms with van der Waals surface area (Å²) in [6.07, 6.45) is 1.72. The molecule has 5 N–H and O–H groups in total. The van der Waals surface area contributed by atoms with Crippen molar-refractivity contribution in [1.29, 1.82) is 5.26 Å². The number of benzene rings is 3. The lowest BCUT2D eigenvalue weighted by Crippen LogP contribution is -2.20. The Morgan fingerprint density at radius 3 is 2.49 bits per heavy atom. The summed E-state index contributed by atoms with van der Waals surface area (Å²) in [5, 5.41) is 19.0. The minimum Gasteiger partial charge on any atom is -0.459 e. The Morgan fingerprint density at radius 2 is 1.78 bits per heavy atom. The number of likely N-dealkylation sites (N-methyl/N-ethyl adjacent to an activating group) is 1. The molecule has 206 valence electrons. The third-order valence-electron chi connectivity index (χ3n) is 6.47. The predicted molar refractivity (Wildman–Crippen MR) is 158 cm³/mol. The van der Waals surface area contributed by atoms with Gasteiger partial charge in [-0.3, -0.25) is 0 Å². The highest BCUT2D eigenvalue weighted by Crippen LogP contribution is 2.28. The van der Waals surface area contributed by atoms with Gasteiger partial charge in [0.15, 0.2) is 5.58 Å². The van der Waals surface area contributed by atoms with E-state index in [1.54, 1.807) is 24.3 Å². The van der Waals surface area contributed by atoms with Gasteiger partial charge in [-0.25, -0.2) is 4.98 Å². The number of rotatable bonds is 10. The monoisotopic (exact) mass is 547 g/mol. The number of hydrogen-bond acceptors (Lipinski definition) is 10. The topological polar surface area (TPSA) is 160 Å². The van der Waals surface area contributed by atoms with E-state index in [2.05, 4.69) is 21.0 Å². The number of hydrogen-bond donors (Lipinski definition) is 3. The number of aromatic nitrogens is 3. The molecule has 10 heteroatoms. The first-order valence-corrected chi connectivity index (χ1v) is 13.0. The van der Waals surface area contributed by atoms with E-state index in [4.69, 9.17) is 25.7 Å². The molecular formula is C31H29N7O3. The molecule has 0 fully saturated rings. The summed E-state index contributed by atoms with van der Waals surface area (Å²) >= 11 is 0. The van der Waals surface area contributed by atoms with Gasteiger partial charge in [0.2, 0.25) is 5.89 Å². The van der Waals surface area contributed by atoms with Crippen LogP contribution < -0.4 is 21.1 Å². The SMILES string of the molecule is CN(CCO)c1ccc(/C=C(\C#N)c2nc3ccc(-c4cc(N)nc(OCc5ccc(CN)cc5)n4)cc3o2)cc1. The van der Waals surface area contributed by atoms with Crippen LogP contribution >= 0.6 is 0 Å². The second-order valence-electron chi connectivity index (χ2n) is 9.38. The summed E-state index contributed by atoms with van der Waals surface area (Å²) in [6, 6.07) is 24.9. The molecule has 0 aliphatic heterocycles. The van der Waals surface area contributed by atoms with Gasteiger partial charge in [-0.15, -0.1) is 0 Å². The fourth-order valence-electron chi connectivity index (χ4n) is 4.19. The number of nitrogens with two attached hydrogens (primary N) is 2. The Morgan fingerprint density at radius 1 is 1.02 bits per heavy atom. The van der Waals surface area contributed by atoms with Crippen LogP contribution in [0.25, 0.3) is 34.0 Å². The first-order valence-electron chi connectivity index (χ1n) is 13.0. The maximum atomic E-state index is 9.83. The van der Waals surface area contributed by atoms with Gasteiger partial charge in [0.1, 0.15) is 29.6 Å². The maximum Gasteiger partial charge on any atom is 0.319 e. The van der Waals surface area contributed by atoms with Gasteiger partial charge in [-0.05, 0) is 47.0 Å². The zero-order valence-electron chi connectivity index (χ0n) is 22.5. The lowest BCUT2D eigenvalue weighted by molar-refractivity contribution is 0.281. The van der Waals surface area contributed by atoms with Crippen molar-refractivity contribution in [3.8, 4) is 23.3 Å². The van der Waals surface area contributed by atoms with E-state index in [-0.39, 0.29) is 30.9 Å². The number of oxazole rings is 1. The first-order chi connectivity index (χ1) is 19.9. The Bertz CT molecular complexity index is 1720. The summed E-state index contributed by atoms with van der Waals surface area (Å²) in [7, 11) is 1.90. The Labute approximate surface area is 237 Å². The average molecular weight is 548 g/mol. The van der Waals surface area contributed by atoms with Crippen molar-refractivity contribution in [1.82, 2.24) is 15.0 Å². The van der Waals surface area contributed by atoms with E-state index in [1.165, 1.54) is 0 Å². The average Bonchev–Trinajstić information content (AvgIpc) is 3.42. The van der Waals surface area contributed by atoms with Gasteiger partial charge < -0.3 is 30.6 Å². The van der Waals surface area contributed by atoms with Gasteiger partial charge in [0.25, 0.3) is 0 Å². The molecule has 5 rings (SSSR count). The molecule has 0 saturated heterocycles. The number of aliphatic hydroxyl groups is 1. The molecular weight excluding hydrogens is 518 g/mol. The van der Waals surface area contributed by atoms with Crippen LogP contribution in [-0.2, 0) is 13.2 Å². The number of anilines is 2. The molecule has 0 unspecified atom stereocenters. The normalized spacial score (nSPS) is 11.4. The number of fused-ring (bicyclic) bond motifs is 1. The fraction of sp³-hybridized carbons (Fsp3) is 0.161. The van der Waals surface area contributed by atoms with Crippen molar-refractivity contribution in [3.63, 3.8) is 0 Å². The first kappa shape index (κ1) is 27.3.